The molecule has 2 fully saturated rings. The van der Waals surface area contributed by atoms with E-state index < -0.39 is 5.60 Å². The summed E-state index contributed by atoms with van der Waals surface area (Å²) in [5.74, 6) is 1.21. The van der Waals surface area contributed by atoms with Crippen molar-refractivity contribution in [1.82, 2.24) is 9.88 Å². The largest absolute Gasteiger partial charge is 0.481 e. The number of rotatable bonds is 4. The van der Waals surface area contributed by atoms with Crippen LogP contribution in [0, 0.1) is 5.92 Å². The molecule has 1 aromatic rings. The Morgan fingerprint density at radius 1 is 1.47 bits per heavy atom. The van der Waals surface area contributed by atoms with Gasteiger partial charge in [-0.2, -0.15) is 0 Å². The van der Waals surface area contributed by atoms with Crippen molar-refractivity contribution in [2.75, 3.05) is 20.2 Å². The number of nitrogens with zero attached hydrogens (tertiary/aromatic N) is 2. The Morgan fingerprint density at radius 2 is 2.24 bits per heavy atom. The van der Waals surface area contributed by atoms with Crippen LogP contribution in [0.2, 0.25) is 0 Å². The highest BCUT2D eigenvalue weighted by Crippen LogP contribution is 2.44. The summed E-state index contributed by atoms with van der Waals surface area (Å²) in [6, 6.07) is 5.80. The lowest BCUT2D eigenvalue weighted by molar-refractivity contribution is -0.117. The number of pyridine rings is 1. The SMILES string of the molecule is COc1cccc(CN2CC(O)(C3CC3)C2)n1. The summed E-state index contributed by atoms with van der Waals surface area (Å²) >= 11 is 0. The smallest absolute Gasteiger partial charge is 0.213 e. The van der Waals surface area contributed by atoms with Crippen molar-refractivity contribution in [2.24, 2.45) is 5.92 Å². The molecule has 4 heteroatoms. The average molecular weight is 234 g/mol. The third-order valence-corrected chi connectivity index (χ3v) is 3.71. The Morgan fingerprint density at radius 3 is 2.88 bits per heavy atom. The third-order valence-electron chi connectivity index (χ3n) is 3.71. The first-order valence-corrected chi connectivity index (χ1v) is 6.14. The van der Waals surface area contributed by atoms with Crippen LogP contribution in [0.15, 0.2) is 18.2 Å². The highest BCUT2D eigenvalue weighted by Gasteiger charge is 2.51. The van der Waals surface area contributed by atoms with Gasteiger partial charge in [0.05, 0.1) is 18.4 Å². The second kappa shape index (κ2) is 3.96. The molecule has 2 heterocycles. The molecule has 0 aromatic carbocycles. The lowest BCUT2D eigenvalue weighted by Crippen LogP contribution is -2.62. The second-order valence-electron chi connectivity index (χ2n) is 5.19. The molecule has 92 valence electrons. The topological polar surface area (TPSA) is 45.6 Å². The summed E-state index contributed by atoms with van der Waals surface area (Å²) < 4.78 is 5.10. The summed E-state index contributed by atoms with van der Waals surface area (Å²) in [5.41, 5.74) is 0.598. The number of β-amino-alcohol motifs (C(OH)–C–C–N with tert-alkyl or cyclic N) is 1. The van der Waals surface area contributed by atoms with Gasteiger partial charge in [0.2, 0.25) is 5.88 Å². The number of methoxy groups -OCH3 is 1. The summed E-state index contributed by atoms with van der Waals surface area (Å²) in [7, 11) is 1.63. The van der Waals surface area contributed by atoms with Crippen LogP contribution in [0.3, 0.4) is 0 Å². The molecule has 1 N–H and O–H groups in total. The van der Waals surface area contributed by atoms with E-state index in [1.807, 2.05) is 18.2 Å². The van der Waals surface area contributed by atoms with Crippen LogP contribution in [-0.4, -0.2) is 40.8 Å². The summed E-state index contributed by atoms with van der Waals surface area (Å²) in [6.07, 6.45) is 2.39. The van der Waals surface area contributed by atoms with Crippen molar-refractivity contribution in [2.45, 2.75) is 25.0 Å². The molecule has 17 heavy (non-hydrogen) atoms. The molecule has 1 aromatic heterocycles. The van der Waals surface area contributed by atoms with Crippen LogP contribution < -0.4 is 4.74 Å². The van der Waals surface area contributed by atoms with Crippen molar-refractivity contribution in [3.8, 4) is 5.88 Å². The Hall–Kier alpha value is -1.13. The minimum Gasteiger partial charge on any atom is -0.481 e. The fourth-order valence-corrected chi connectivity index (χ4v) is 2.61. The van der Waals surface area contributed by atoms with E-state index in [-0.39, 0.29) is 0 Å². The molecule has 0 unspecified atom stereocenters. The monoisotopic (exact) mass is 234 g/mol. The quantitative estimate of drug-likeness (QED) is 0.845. The molecular formula is C13H18N2O2. The zero-order chi connectivity index (χ0) is 11.9. The Labute approximate surface area is 101 Å². The molecule has 1 aliphatic carbocycles. The Kier molecular flexibility index (Phi) is 2.56. The van der Waals surface area contributed by atoms with Crippen molar-refractivity contribution in [1.29, 1.82) is 0 Å². The van der Waals surface area contributed by atoms with Crippen molar-refractivity contribution in [3.05, 3.63) is 23.9 Å². The van der Waals surface area contributed by atoms with Crippen LogP contribution in [0.4, 0.5) is 0 Å². The number of hydrogen-bond donors (Lipinski definition) is 1. The average Bonchev–Trinajstić information content (AvgIpc) is 3.11. The van der Waals surface area contributed by atoms with Gasteiger partial charge >= 0.3 is 0 Å². The van der Waals surface area contributed by atoms with E-state index in [1.165, 1.54) is 12.8 Å². The number of aromatic nitrogens is 1. The van der Waals surface area contributed by atoms with Gasteiger partial charge in [-0.05, 0) is 24.8 Å². The van der Waals surface area contributed by atoms with Gasteiger partial charge in [-0.25, -0.2) is 4.98 Å². The first-order valence-electron chi connectivity index (χ1n) is 6.14. The maximum atomic E-state index is 10.2. The fraction of sp³-hybridized carbons (Fsp3) is 0.615. The predicted molar refractivity (Wildman–Crippen MR) is 63.7 cm³/mol. The molecule has 0 bridgehead atoms. The van der Waals surface area contributed by atoms with Crippen LogP contribution in [-0.2, 0) is 6.54 Å². The lowest BCUT2D eigenvalue weighted by Gasteiger charge is -2.47. The molecule has 4 nitrogen and oxygen atoms in total. The van der Waals surface area contributed by atoms with Crippen LogP contribution in [0.1, 0.15) is 18.5 Å². The van der Waals surface area contributed by atoms with Gasteiger partial charge < -0.3 is 9.84 Å². The number of likely N-dealkylation sites (tertiary alicyclic amines) is 1. The summed E-state index contributed by atoms with van der Waals surface area (Å²) in [4.78, 5) is 6.61. The van der Waals surface area contributed by atoms with Crippen LogP contribution in [0.5, 0.6) is 5.88 Å². The van der Waals surface area contributed by atoms with Crippen LogP contribution >= 0.6 is 0 Å². The van der Waals surface area contributed by atoms with Gasteiger partial charge in [-0.3, -0.25) is 4.90 Å². The molecule has 1 aliphatic heterocycles. The van der Waals surface area contributed by atoms with E-state index in [0.717, 1.165) is 25.3 Å². The van der Waals surface area contributed by atoms with Gasteiger partial charge in [0.25, 0.3) is 0 Å². The molecule has 0 radical (unpaired) electrons. The molecule has 0 amide bonds. The molecule has 0 atom stereocenters. The van der Waals surface area contributed by atoms with E-state index in [4.69, 9.17) is 4.74 Å². The van der Waals surface area contributed by atoms with Crippen molar-refractivity contribution in [3.63, 3.8) is 0 Å². The molecule has 1 saturated carbocycles. The zero-order valence-electron chi connectivity index (χ0n) is 10.1. The molecular weight excluding hydrogens is 216 g/mol. The second-order valence-corrected chi connectivity index (χ2v) is 5.19. The van der Waals surface area contributed by atoms with Crippen molar-refractivity contribution >= 4 is 0 Å². The van der Waals surface area contributed by atoms with E-state index in [9.17, 15) is 5.11 Å². The number of ether oxygens (including phenoxy) is 1. The highest BCUT2D eigenvalue weighted by atomic mass is 16.5. The van der Waals surface area contributed by atoms with Gasteiger partial charge in [0.15, 0.2) is 0 Å². The normalized spacial score (nSPS) is 23.2. The van der Waals surface area contributed by atoms with Crippen LogP contribution in [0.25, 0.3) is 0 Å². The minimum absolute atomic E-state index is 0.404. The first kappa shape index (κ1) is 11.0. The molecule has 1 saturated heterocycles. The maximum absolute atomic E-state index is 10.2. The zero-order valence-corrected chi connectivity index (χ0v) is 10.1. The molecule has 2 aliphatic rings. The maximum Gasteiger partial charge on any atom is 0.213 e. The first-order chi connectivity index (χ1) is 8.19. The third kappa shape index (κ3) is 2.15. The number of hydrogen-bond acceptors (Lipinski definition) is 4. The van der Waals surface area contributed by atoms with E-state index in [1.54, 1.807) is 7.11 Å². The van der Waals surface area contributed by atoms with E-state index >= 15 is 0 Å². The van der Waals surface area contributed by atoms with Gasteiger partial charge in [0.1, 0.15) is 0 Å². The van der Waals surface area contributed by atoms with E-state index in [2.05, 4.69) is 9.88 Å². The number of aliphatic hydroxyl groups is 1. The Balaban J connectivity index is 1.57. The van der Waals surface area contributed by atoms with Gasteiger partial charge in [-0.1, -0.05) is 6.07 Å². The minimum atomic E-state index is -0.404. The van der Waals surface area contributed by atoms with Gasteiger partial charge in [0, 0.05) is 25.7 Å². The molecule has 0 spiro atoms. The lowest BCUT2D eigenvalue weighted by atomic mass is 9.88. The Bertz CT molecular complexity index is 412. The molecule has 3 rings (SSSR count). The van der Waals surface area contributed by atoms with Gasteiger partial charge in [-0.15, -0.1) is 0 Å². The summed E-state index contributed by atoms with van der Waals surface area (Å²) in [6.45, 7) is 2.37. The summed E-state index contributed by atoms with van der Waals surface area (Å²) in [5, 5.41) is 10.2. The van der Waals surface area contributed by atoms with Crippen molar-refractivity contribution < 1.29 is 9.84 Å². The standard InChI is InChI=1S/C13H18N2O2/c1-17-12-4-2-3-11(14-12)7-15-8-13(16,9-15)10-5-6-10/h2-4,10,16H,5-9H2,1H3. The highest BCUT2D eigenvalue weighted by molar-refractivity contribution is 5.16. The van der Waals surface area contributed by atoms with E-state index in [0.29, 0.717) is 11.8 Å². The predicted octanol–water partition coefficient (Wildman–Crippen LogP) is 1.05. The fourth-order valence-electron chi connectivity index (χ4n) is 2.61.